The van der Waals surface area contributed by atoms with E-state index in [-0.39, 0.29) is 16.1 Å². The van der Waals surface area contributed by atoms with Crippen molar-refractivity contribution in [2.24, 2.45) is 0 Å². The maximum atomic E-state index is 14.1. The number of aryl methyl sites for hydroxylation is 1. The molecule has 2 heterocycles. The van der Waals surface area contributed by atoms with Crippen LogP contribution in [0.3, 0.4) is 0 Å². The molecule has 1 N–H and O–H groups in total. The Kier molecular flexibility index (Phi) is 7.27. The van der Waals surface area contributed by atoms with Gasteiger partial charge in [0.05, 0.1) is 43.5 Å². The van der Waals surface area contributed by atoms with Crippen molar-refractivity contribution < 1.29 is 33.3 Å². The summed E-state index contributed by atoms with van der Waals surface area (Å²) in [6.45, 7) is 1.71. The van der Waals surface area contributed by atoms with Gasteiger partial charge in [-0.25, -0.2) is 9.37 Å². The zero-order chi connectivity index (χ0) is 28.6. The fourth-order valence-corrected chi connectivity index (χ4v) is 5.74. The van der Waals surface area contributed by atoms with E-state index in [0.29, 0.717) is 33.5 Å². The van der Waals surface area contributed by atoms with Crippen molar-refractivity contribution in [3.63, 3.8) is 0 Å². The van der Waals surface area contributed by atoms with E-state index in [9.17, 15) is 19.1 Å². The smallest absolute Gasteiger partial charge is 0.294 e. The lowest BCUT2D eigenvalue weighted by Crippen LogP contribution is -2.31. The van der Waals surface area contributed by atoms with Gasteiger partial charge in [-0.05, 0) is 48.9 Å². The average Bonchev–Trinajstić information content (AvgIpc) is 3.49. The van der Waals surface area contributed by atoms with Crippen LogP contribution >= 0.6 is 11.3 Å². The number of aliphatic hydroxyl groups excluding tert-OH is 1. The van der Waals surface area contributed by atoms with Gasteiger partial charge in [-0.1, -0.05) is 30.3 Å². The molecule has 4 aromatic rings. The maximum Gasteiger partial charge on any atom is 0.294 e. The molecule has 0 spiro atoms. The number of thiazole rings is 1. The largest absolute Gasteiger partial charge is 0.503 e. The topological polar surface area (TPSA) is 98.2 Å². The highest BCUT2D eigenvalue weighted by Crippen LogP contribution is 2.47. The molecule has 0 saturated heterocycles. The quantitative estimate of drug-likeness (QED) is 0.261. The zero-order valence-electron chi connectivity index (χ0n) is 22.1. The third-order valence-corrected chi connectivity index (χ3v) is 7.79. The number of Topliss-reactive ketones (excluding diaryl/α,β-unsaturated/α-hetero) is 1. The summed E-state index contributed by atoms with van der Waals surface area (Å²) < 4.78 is 30.3. The number of hydrogen-bond donors (Lipinski definition) is 1. The van der Waals surface area contributed by atoms with Crippen molar-refractivity contribution >= 4 is 28.7 Å². The first-order chi connectivity index (χ1) is 19.3. The number of carbonyl (C=O) groups excluding carboxylic acids is 2. The van der Waals surface area contributed by atoms with E-state index >= 15 is 0 Å². The number of anilines is 1. The molecule has 1 atom stereocenters. The maximum absolute atomic E-state index is 14.1. The van der Waals surface area contributed by atoms with Gasteiger partial charge in [-0.2, -0.15) is 0 Å². The van der Waals surface area contributed by atoms with Gasteiger partial charge in [0, 0.05) is 11.3 Å². The standard InChI is InChI=1S/C30H25FN2O6S/c1-16-28(40-29(32-16)17-8-6-5-7-9-17)25(34)23-24(18-14-21(37-2)27(39-4)22(15-18)38-3)33(30(36)26(23)35)20-12-10-19(31)11-13-20/h5-15,24,35H,1-4H3. The highest BCUT2D eigenvalue weighted by Gasteiger charge is 2.46. The monoisotopic (exact) mass is 560 g/mol. The molecular weight excluding hydrogens is 535 g/mol. The van der Waals surface area contributed by atoms with E-state index in [1.54, 1.807) is 19.1 Å². The van der Waals surface area contributed by atoms with Gasteiger partial charge in [0.2, 0.25) is 11.5 Å². The molecule has 0 fully saturated rings. The third-order valence-electron chi connectivity index (χ3n) is 6.58. The molecule has 1 aliphatic rings. The second-order valence-corrected chi connectivity index (χ2v) is 9.90. The number of nitrogens with zero attached hydrogens (tertiary/aromatic N) is 2. The molecule has 5 rings (SSSR count). The number of aliphatic hydroxyl groups is 1. The first kappa shape index (κ1) is 26.9. The summed E-state index contributed by atoms with van der Waals surface area (Å²) in [5, 5.41) is 11.8. The van der Waals surface area contributed by atoms with Crippen molar-refractivity contribution in [3.8, 4) is 27.8 Å². The van der Waals surface area contributed by atoms with Gasteiger partial charge in [-0.15, -0.1) is 11.3 Å². The Labute approximate surface area is 233 Å². The minimum absolute atomic E-state index is 0.144. The normalized spacial score (nSPS) is 15.0. The number of hydrogen-bond acceptors (Lipinski definition) is 8. The molecule has 1 aromatic heterocycles. The predicted octanol–water partition coefficient (Wildman–Crippen LogP) is 6.07. The number of aromatic nitrogens is 1. The van der Waals surface area contributed by atoms with Gasteiger partial charge < -0.3 is 19.3 Å². The first-order valence-electron chi connectivity index (χ1n) is 12.2. The summed E-state index contributed by atoms with van der Waals surface area (Å²) in [5.41, 5.74) is 1.85. The minimum Gasteiger partial charge on any atom is -0.503 e. The minimum atomic E-state index is -1.10. The number of rotatable bonds is 8. The van der Waals surface area contributed by atoms with Crippen molar-refractivity contribution in [2.45, 2.75) is 13.0 Å². The molecule has 3 aromatic carbocycles. The Morgan fingerprint density at radius 1 is 0.975 bits per heavy atom. The lowest BCUT2D eigenvalue weighted by Gasteiger charge is -2.28. The molecule has 1 unspecified atom stereocenters. The molecule has 10 heteroatoms. The van der Waals surface area contributed by atoms with Crippen LogP contribution in [-0.2, 0) is 4.79 Å². The lowest BCUT2D eigenvalue weighted by molar-refractivity contribution is -0.117. The number of ether oxygens (including phenoxy) is 3. The fraction of sp³-hybridized carbons (Fsp3) is 0.167. The van der Waals surface area contributed by atoms with E-state index in [1.165, 1.54) is 61.8 Å². The second kappa shape index (κ2) is 10.8. The number of amides is 1. The van der Waals surface area contributed by atoms with E-state index in [0.717, 1.165) is 5.56 Å². The van der Waals surface area contributed by atoms with Crippen LogP contribution < -0.4 is 19.1 Å². The van der Waals surface area contributed by atoms with Crippen LogP contribution in [0.5, 0.6) is 17.2 Å². The number of ketones is 1. The SMILES string of the molecule is COc1cc(C2C(C(=O)c3sc(-c4ccccc4)nc3C)=C(O)C(=O)N2c2ccc(F)cc2)cc(OC)c1OC. The zero-order valence-corrected chi connectivity index (χ0v) is 22.9. The summed E-state index contributed by atoms with van der Waals surface area (Å²) >= 11 is 1.17. The Morgan fingerprint density at radius 2 is 1.60 bits per heavy atom. The molecular formula is C30H25FN2O6S. The van der Waals surface area contributed by atoms with Crippen LogP contribution in [0, 0.1) is 12.7 Å². The molecule has 0 aliphatic carbocycles. The van der Waals surface area contributed by atoms with Gasteiger partial charge in [-0.3, -0.25) is 14.5 Å². The fourth-order valence-electron chi connectivity index (χ4n) is 4.71. The van der Waals surface area contributed by atoms with E-state index < -0.39 is 29.3 Å². The molecule has 0 bridgehead atoms. The van der Waals surface area contributed by atoms with E-state index in [1.807, 2.05) is 30.3 Å². The summed E-state index contributed by atoms with van der Waals surface area (Å²) in [5.74, 6) is -1.66. The van der Waals surface area contributed by atoms with Crippen LogP contribution in [0.2, 0.25) is 0 Å². The van der Waals surface area contributed by atoms with Crippen molar-refractivity contribution in [3.05, 3.63) is 100 Å². The Morgan fingerprint density at radius 3 is 2.17 bits per heavy atom. The first-order valence-corrected chi connectivity index (χ1v) is 13.0. The van der Waals surface area contributed by atoms with Crippen molar-refractivity contribution in [1.29, 1.82) is 0 Å². The highest BCUT2D eigenvalue weighted by molar-refractivity contribution is 7.17. The van der Waals surface area contributed by atoms with Crippen LogP contribution in [0.1, 0.15) is 27.0 Å². The van der Waals surface area contributed by atoms with Gasteiger partial charge in [0.15, 0.2) is 17.3 Å². The van der Waals surface area contributed by atoms with Crippen molar-refractivity contribution in [1.82, 2.24) is 4.98 Å². The number of benzene rings is 3. The lowest BCUT2D eigenvalue weighted by atomic mass is 9.94. The van der Waals surface area contributed by atoms with Crippen molar-refractivity contribution in [2.75, 3.05) is 26.2 Å². The predicted molar refractivity (Wildman–Crippen MR) is 149 cm³/mol. The number of methoxy groups -OCH3 is 3. The molecule has 40 heavy (non-hydrogen) atoms. The summed E-state index contributed by atoms with van der Waals surface area (Å²) in [4.78, 5) is 33.8. The molecule has 1 amide bonds. The Hall–Kier alpha value is -4.70. The second-order valence-electron chi connectivity index (χ2n) is 8.90. The molecule has 8 nitrogen and oxygen atoms in total. The Balaban J connectivity index is 1.69. The van der Waals surface area contributed by atoms with Gasteiger partial charge in [0.1, 0.15) is 10.8 Å². The van der Waals surface area contributed by atoms with Gasteiger partial charge >= 0.3 is 0 Å². The van der Waals surface area contributed by atoms with E-state index in [2.05, 4.69) is 4.98 Å². The summed E-state index contributed by atoms with van der Waals surface area (Å²) in [7, 11) is 4.36. The highest BCUT2D eigenvalue weighted by atomic mass is 32.1. The average molecular weight is 561 g/mol. The summed E-state index contributed by atoms with van der Waals surface area (Å²) in [6, 6.07) is 16.7. The number of carbonyl (C=O) groups is 2. The number of halogens is 1. The van der Waals surface area contributed by atoms with Crippen LogP contribution in [0.15, 0.2) is 78.1 Å². The summed E-state index contributed by atoms with van der Waals surface area (Å²) in [6.07, 6.45) is 0. The molecule has 1 aliphatic heterocycles. The van der Waals surface area contributed by atoms with Gasteiger partial charge in [0.25, 0.3) is 5.91 Å². The third kappa shape index (κ3) is 4.56. The van der Waals surface area contributed by atoms with Crippen LogP contribution in [-0.4, -0.2) is 43.1 Å². The molecule has 204 valence electrons. The molecule has 0 saturated carbocycles. The van der Waals surface area contributed by atoms with Crippen LogP contribution in [0.25, 0.3) is 10.6 Å². The van der Waals surface area contributed by atoms with E-state index in [4.69, 9.17) is 14.2 Å². The Bertz CT molecular complexity index is 1610. The molecule has 0 radical (unpaired) electrons. The van der Waals surface area contributed by atoms with Crippen LogP contribution in [0.4, 0.5) is 10.1 Å².